The number of hydrogen-bond acceptors (Lipinski definition) is 4. The first-order chi connectivity index (χ1) is 9.22. The van der Waals surface area contributed by atoms with Gasteiger partial charge in [0.2, 0.25) is 0 Å². The van der Waals surface area contributed by atoms with Crippen LogP contribution in [0.4, 0.5) is 4.79 Å². The number of aliphatic carboxylic acids is 1. The average Bonchev–Trinajstić information content (AvgIpc) is 2.68. The van der Waals surface area contributed by atoms with Crippen LogP contribution < -0.4 is 5.32 Å². The van der Waals surface area contributed by atoms with E-state index in [0.717, 1.165) is 25.9 Å². The summed E-state index contributed by atoms with van der Waals surface area (Å²) in [5.41, 5.74) is -0.671. The Bertz CT molecular complexity index is 396. The summed E-state index contributed by atoms with van der Waals surface area (Å²) in [4.78, 5) is 25.1. The van der Waals surface area contributed by atoms with Crippen molar-refractivity contribution < 1.29 is 19.4 Å². The number of hydrogen-bond donors (Lipinski definition) is 2. The maximum atomic E-state index is 12.2. The van der Waals surface area contributed by atoms with Crippen molar-refractivity contribution >= 4 is 12.1 Å². The van der Waals surface area contributed by atoms with Gasteiger partial charge < -0.3 is 15.2 Å². The van der Waals surface area contributed by atoms with Crippen LogP contribution in [0.1, 0.15) is 40.0 Å². The lowest BCUT2D eigenvalue weighted by molar-refractivity contribution is -0.142. The Labute approximate surface area is 119 Å². The molecule has 2 N–H and O–H groups in total. The second-order valence-electron chi connectivity index (χ2n) is 6.92. The minimum atomic E-state index is -0.939. The zero-order valence-corrected chi connectivity index (χ0v) is 12.4. The smallest absolute Gasteiger partial charge is 0.411 e. The van der Waals surface area contributed by atoms with Gasteiger partial charge in [0.1, 0.15) is 11.6 Å². The Morgan fingerprint density at radius 2 is 1.90 bits per heavy atom. The zero-order valence-electron chi connectivity index (χ0n) is 12.4. The first-order valence-corrected chi connectivity index (χ1v) is 7.16. The van der Waals surface area contributed by atoms with Crippen LogP contribution in [0.3, 0.4) is 0 Å². The summed E-state index contributed by atoms with van der Waals surface area (Å²) in [5, 5.41) is 12.7. The molecule has 2 heterocycles. The molecule has 0 saturated carbocycles. The van der Waals surface area contributed by atoms with Gasteiger partial charge in [-0.2, -0.15) is 0 Å². The molecule has 1 atom stereocenters. The van der Waals surface area contributed by atoms with E-state index < -0.39 is 23.7 Å². The van der Waals surface area contributed by atoms with Crippen LogP contribution in [0.15, 0.2) is 0 Å². The molecule has 6 nitrogen and oxygen atoms in total. The highest BCUT2D eigenvalue weighted by molar-refractivity contribution is 5.81. The number of piperidine rings is 1. The highest BCUT2D eigenvalue weighted by Gasteiger charge is 2.50. The molecule has 0 aliphatic carbocycles. The summed E-state index contributed by atoms with van der Waals surface area (Å²) in [6.45, 7) is 7.62. The monoisotopic (exact) mass is 284 g/mol. The third kappa shape index (κ3) is 3.23. The normalized spacial score (nSPS) is 25.8. The van der Waals surface area contributed by atoms with Gasteiger partial charge in [-0.3, -0.25) is 4.90 Å². The maximum absolute atomic E-state index is 12.2. The fourth-order valence-electron chi connectivity index (χ4n) is 3.11. The third-order valence-corrected chi connectivity index (χ3v) is 4.09. The van der Waals surface area contributed by atoms with E-state index in [1.165, 1.54) is 4.90 Å². The molecule has 20 heavy (non-hydrogen) atoms. The molecular formula is C14H24N2O4. The van der Waals surface area contributed by atoms with Crippen molar-refractivity contribution in [2.45, 2.75) is 51.7 Å². The zero-order chi connectivity index (χ0) is 15.0. The molecule has 0 unspecified atom stereocenters. The highest BCUT2D eigenvalue weighted by Crippen LogP contribution is 2.42. The molecule has 0 bridgehead atoms. The molecule has 2 aliphatic rings. The van der Waals surface area contributed by atoms with Crippen molar-refractivity contribution in [1.29, 1.82) is 0 Å². The van der Waals surface area contributed by atoms with Crippen molar-refractivity contribution in [2.75, 3.05) is 19.6 Å². The van der Waals surface area contributed by atoms with E-state index >= 15 is 0 Å². The van der Waals surface area contributed by atoms with E-state index in [4.69, 9.17) is 4.74 Å². The van der Waals surface area contributed by atoms with Crippen LogP contribution in [-0.4, -0.2) is 53.3 Å². The predicted octanol–water partition coefficient (Wildman–Crippen LogP) is 1.45. The van der Waals surface area contributed by atoms with Crippen molar-refractivity contribution in [3.8, 4) is 0 Å². The summed E-state index contributed by atoms with van der Waals surface area (Å²) in [6.07, 6.45) is 1.84. The summed E-state index contributed by atoms with van der Waals surface area (Å²) in [5.74, 6) is -0.939. The molecular weight excluding hydrogens is 260 g/mol. The first kappa shape index (κ1) is 15.1. The van der Waals surface area contributed by atoms with Crippen LogP contribution in [-0.2, 0) is 9.53 Å². The second-order valence-corrected chi connectivity index (χ2v) is 6.92. The van der Waals surface area contributed by atoms with Gasteiger partial charge >= 0.3 is 12.1 Å². The van der Waals surface area contributed by atoms with Crippen molar-refractivity contribution in [2.24, 2.45) is 5.41 Å². The Morgan fingerprint density at radius 3 is 2.40 bits per heavy atom. The van der Waals surface area contributed by atoms with Gasteiger partial charge in [-0.1, -0.05) is 0 Å². The average molecular weight is 284 g/mol. The molecule has 2 aliphatic heterocycles. The summed E-state index contributed by atoms with van der Waals surface area (Å²) >= 11 is 0. The van der Waals surface area contributed by atoms with Gasteiger partial charge in [0.05, 0.1) is 0 Å². The Kier molecular flexibility index (Phi) is 3.95. The predicted molar refractivity (Wildman–Crippen MR) is 73.5 cm³/mol. The molecule has 0 aromatic heterocycles. The molecule has 2 saturated heterocycles. The lowest BCUT2D eigenvalue weighted by Crippen LogP contribution is -2.44. The standard InChI is InChI=1S/C14H24N2O4/c1-13(2,3)20-12(19)16-9-14(4-6-15-7-5-14)8-10(16)11(17)18/h10,15H,4-9H2,1-3H3,(H,17,18)/t10-/m0/s1. The molecule has 6 heteroatoms. The number of rotatable bonds is 1. The van der Waals surface area contributed by atoms with Gasteiger partial charge in [0.15, 0.2) is 0 Å². The molecule has 2 fully saturated rings. The van der Waals surface area contributed by atoms with Gasteiger partial charge in [0, 0.05) is 6.54 Å². The number of nitrogens with zero attached hydrogens (tertiary/aromatic N) is 1. The Balaban J connectivity index is 2.13. The number of ether oxygens (including phenoxy) is 1. The second kappa shape index (κ2) is 5.24. The molecule has 114 valence electrons. The number of nitrogens with one attached hydrogen (secondary N) is 1. The fourth-order valence-corrected chi connectivity index (χ4v) is 3.11. The SMILES string of the molecule is CC(C)(C)OC(=O)N1CC2(CCNCC2)C[C@H]1C(=O)O. The molecule has 2 rings (SSSR count). The topological polar surface area (TPSA) is 78.9 Å². The molecule has 1 spiro atoms. The minimum Gasteiger partial charge on any atom is -0.480 e. The minimum absolute atomic E-state index is 0.0643. The van der Waals surface area contributed by atoms with Crippen molar-refractivity contribution in [1.82, 2.24) is 10.2 Å². The summed E-state index contributed by atoms with van der Waals surface area (Å²) < 4.78 is 5.34. The number of amides is 1. The molecule has 0 aromatic carbocycles. The van der Waals surface area contributed by atoms with Crippen molar-refractivity contribution in [3.63, 3.8) is 0 Å². The van der Waals surface area contributed by atoms with Gasteiger partial charge in [-0.05, 0) is 58.5 Å². The van der Waals surface area contributed by atoms with E-state index in [-0.39, 0.29) is 5.41 Å². The third-order valence-electron chi connectivity index (χ3n) is 4.09. The van der Waals surface area contributed by atoms with Crippen LogP contribution in [0.5, 0.6) is 0 Å². The van der Waals surface area contributed by atoms with E-state index in [2.05, 4.69) is 5.32 Å². The van der Waals surface area contributed by atoms with Gasteiger partial charge in [-0.25, -0.2) is 9.59 Å². The first-order valence-electron chi connectivity index (χ1n) is 7.16. The van der Waals surface area contributed by atoms with Gasteiger partial charge in [0.25, 0.3) is 0 Å². The number of carbonyl (C=O) groups is 2. The number of carbonyl (C=O) groups excluding carboxylic acids is 1. The lowest BCUT2D eigenvalue weighted by atomic mass is 9.77. The van der Waals surface area contributed by atoms with Crippen LogP contribution in [0, 0.1) is 5.41 Å². The van der Waals surface area contributed by atoms with E-state index in [1.54, 1.807) is 20.8 Å². The van der Waals surface area contributed by atoms with Crippen LogP contribution in [0.25, 0.3) is 0 Å². The van der Waals surface area contributed by atoms with Crippen LogP contribution in [0.2, 0.25) is 0 Å². The van der Waals surface area contributed by atoms with E-state index in [0.29, 0.717) is 13.0 Å². The largest absolute Gasteiger partial charge is 0.480 e. The number of carboxylic acid groups (broad SMARTS) is 1. The summed E-state index contributed by atoms with van der Waals surface area (Å²) in [6, 6.07) is -0.761. The Morgan fingerprint density at radius 1 is 1.30 bits per heavy atom. The summed E-state index contributed by atoms with van der Waals surface area (Å²) in [7, 11) is 0. The number of carboxylic acids is 1. The lowest BCUT2D eigenvalue weighted by Gasteiger charge is -2.33. The molecule has 0 radical (unpaired) electrons. The Hall–Kier alpha value is -1.30. The van der Waals surface area contributed by atoms with E-state index in [9.17, 15) is 14.7 Å². The van der Waals surface area contributed by atoms with E-state index in [1.807, 2.05) is 0 Å². The number of likely N-dealkylation sites (tertiary alicyclic amines) is 1. The highest BCUT2D eigenvalue weighted by atomic mass is 16.6. The fraction of sp³-hybridized carbons (Fsp3) is 0.857. The van der Waals surface area contributed by atoms with Crippen molar-refractivity contribution in [3.05, 3.63) is 0 Å². The van der Waals surface area contributed by atoms with Crippen LogP contribution >= 0.6 is 0 Å². The van der Waals surface area contributed by atoms with Gasteiger partial charge in [-0.15, -0.1) is 0 Å². The molecule has 0 aromatic rings. The molecule has 1 amide bonds. The maximum Gasteiger partial charge on any atom is 0.411 e. The quantitative estimate of drug-likeness (QED) is 0.762.